The molecule has 1 N–H and O–H groups in total. The smallest absolute Gasteiger partial charge is 0.243 e. The molecule has 7 heteroatoms. The van der Waals surface area contributed by atoms with E-state index in [0.29, 0.717) is 37.6 Å². The van der Waals surface area contributed by atoms with Gasteiger partial charge in [0.15, 0.2) is 0 Å². The van der Waals surface area contributed by atoms with E-state index in [1.54, 1.807) is 18.2 Å². The highest BCUT2D eigenvalue weighted by Crippen LogP contribution is 2.25. The zero-order valence-corrected chi connectivity index (χ0v) is 16.7. The van der Waals surface area contributed by atoms with Gasteiger partial charge in [-0.3, -0.25) is 9.69 Å². The fraction of sp³-hybridized carbons (Fsp3) is 0.526. The first-order valence-electron chi connectivity index (χ1n) is 8.85. The number of amides is 1. The summed E-state index contributed by atoms with van der Waals surface area (Å²) >= 11 is 0. The summed E-state index contributed by atoms with van der Waals surface area (Å²) in [7, 11) is -3.50. The van der Waals surface area contributed by atoms with Gasteiger partial charge in [-0.2, -0.15) is 4.31 Å². The second kappa shape index (κ2) is 8.33. The van der Waals surface area contributed by atoms with E-state index in [0.717, 1.165) is 5.56 Å². The van der Waals surface area contributed by atoms with Crippen molar-refractivity contribution >= 4 is 15.9 Å². The number of hydrogen-bond donors (Lipinski definition) is 1. The Morgan fingerprint density at radius 1 is 1.15 bits per heavy atom. The molecule has 144 valence electrons. The fourth-order valence-corrected chi connectivity index (χ4v) is 4.27. The SMILES string of the molecule is C=CCNC(=O)CN1CCN(S(=O)(=O)c2ccc(C(C)(C)C)cc2)CC1. The third-order valence-electron chi connectivity index (χ3n) is 4.50. The van der Waals surface area contributed by atoms with Crippen molar-refractivity contribution in [3.8, 4) is 0 Å². The van der Waals surface area contributed by atoms with Gasteiger partial charge in [-0.05, 0) is 23.1 Å². The molecule has 0 aromatic heterocycles. The van der Waals surface area contributed by atoms with Crippen LogP contribution in [0.15, 0.2) is 41.8 Å². The molecule has 1 fully saturated rings. The molecule has 6 nitrogen and oxygen atoms in total. The normalized spacial score (nSPS) is 17.0. The molecule has 1 amide bonds. The number of piperazine rings is 1. The quantitative estimate of drug-likeness (QED) is 0.762. The third-order valence-corrected chi connectivity index (χ3v) is 6.41. The van der Waals surface area contributed by atoms with Crippen molar-refractivity contribution in [3.05, 3.63) is 42.5 Å². The molecule has 1 saturated heterocycles. The average Bonchev–Trinajstić information content (AvgIpc) is 2.60. The predicted molar refractivity (Wildman–Crippen MR) is 104 cm³/mol. The Kier molecular flexibility index (Phi) is 6.60. The molecule has 0 aliphatic carbocycles. The van der Waals surface area contributed by atoms with Crippen LogP contribution in [0.4, 0.5) is 0 Å². The molecule has 0 saturated carbocycles. The van der Waals surface area contributed by atoms with Crippen LogP contribution < -0.4 is 5.32 Å². The zero-order chi connectivity index (χ0) is 19.4. The number of rotatable bonds is 6. The molecule has 1 aromatic rings. The maximum Gasteiger partial charge on any atom is 0.243 e. The van der Waals surface area contributed by atoms with Crippen molar-refractivity contribution < 1.29 is 13.2 Å². The van der Waals surface area contributed by atoms with Gasteiger partial charge in [0.2, 0.25) is 15.9 Å². The van der Waals surface area contributed by atoms with Gasteiger partial charge in [0.05, 0.1) is 11.4 Å². The second-order valence-electron chi connectivity index (χ2n) is 7.55. The van der Waals surface area contributed by atoms with Gasteiger partial charge in [-0.25, -0.2) is 8.42 Å². The predicted octanol–water partition coefficient (Wildman–Crippen LogP) is 1.59. The number of nitrogens with zero attached hydrogens (tertiary/aromatic N) is 2. The number of nitrogens with one attached hydrogen (secondary N) is 1. The van der Waals surface area contributed by atoms with Crippen LogP contribution in [0.2, 0.25) is 0 Å². The van der Waals surface area contributed by atoms with Crippen LogP contribution in [0.1, 0.15) is 26.3 Å². The number of carbonyl (C=O) groups is 1. The van der Waals surface area contributed by atoms with Gasteiger partial charge in [-0.15, -0.1) is 6.58 Å². The summed E-state index contributed by atoms with van der Waals surface area (Å²) in [5.74, 6) is -0.0704. The first-order chi connectivity index (χ1) is 12.1. The van der Waals surface area contributed by atoms with Crippen molar-refractivity contribution in [2.75, 3.05) is 39.3 Å². The van der Waals surface area contributed by atoms with E-state index in [4.69, 9.17) is 0 Å². The number of sulfonamides is 1. The van der Waals surface area contributed by atoms with Crippen LogP contribution in [0.3, 0.4) is 0 Å². The Bertz CT molecular complexity index is 728. The monoisotopic (exact) mass is 379 g/mol. The van der Waals surface area contributed by atoms with E-state index >= 15 is 0 Å². The topological polar surface area (TPSA) is 69.7 Å². The van der Waals surface area contributed by atoms with Crippen LogP contribution in [-0.4, -0.2) is 62.8 Å². The minimum Gasteiger partial charge on any atom is -0.352 e. The maximum absolute atomic E-state index is 12.8. The summed E-state index contributed by atoms with van der Waals surface area (Å²) in [5, 5.41) is 2.73. The Balaban J connectivity index is 1.97. The Morgan fingerprint density at radius 3 is 2.23 bits per heavy atom. The Labute approximate surface area is 156 Å². The molecule has 0 bridgehead atoms. The van der Waals surface area contributed by atoms with Crippen molar-refractivity contribution in [1.29, 1.82) is 0 Å². The maximum atomic E-state index is 12.8. The highest BCUT2D eigenvalue weighted by Gasteiger charge is 2.29. The molecule has 0 atom stereocenters. The summed E-state index contributed by atoms with van der Waals surface area (Å²) in [6, 6.07) is 7.14. The van der Waals surface area contributed by atoms with E-state index in [9.17, 15) is 13.2 Å². The summed E-state index contributed by atoms with van der Waals surface area (Å²) in [4.78, 5) is 14.0. The standard InChI is InChI=1S/C19H29N3O3S/c1-5-10-20-18(23)15-21-11-13-22(14-12-21)26(24,25)17-8-6-16(7-9-17)19(2,3)4/h5-9H,1,10-15H2,2-4H3,(H,20,23). The molecular weight excluding hydrogens is 350 g/mol. The summed E-state index contributed by atoms with van der Waals surface area (Å²) in [6.45, 7) is 12.4. The number of hydrogen-bond acceptors (Lipinski definition) is 4. The van der Waals surface area contributed by atoms with Crippen molar-refractivity contribution in [2.24, 2.45) is 0 Å². The van der Waals surface area contributed by atoms with Crippen molar-refractivity contribution in [2.45, 2.75) is 31.1 Å². The molecule has 1 heterocycles. The van der Waals surface area contributed by atoms with Crippen LogP contribution in [0.5, 0.6) is 0 Å². The van der Waals surface area contributed by atoms with E-state index < -0.39 is 10.0 Å². The largest absolute Gasteiger partial charge is 0.352 e. The molecule has 0 spiro atoms. The lowest BCUT2D eigenvalue weighted by Gasteiger charge is -2.33. The van der Waals surface area contributed by atoms with Crippen molar-refractivity contribution in [1.82, 2.24) is 14.5 Å². The molecule has 0 radical (unpaired) electrons. The molecule has 2 rings (SSSR count). The van der Waals surface area contributed by atoms with E-state index in [1.807, 2.05) is 17.0 Å². The fourth-order valence-electron chi connectivity index (χ4n) is 2.85. The van der Waals surface area contributed by atoms with E-state index in [1.165, 1.54) is 4.31 Å². The van der Waals surface area contributed by atoms with E-state index in [-0.39, 0.29) is 17.9 Å². The van der Waals surface area contributed by atoms with Gasteiger partial charge in [0.1, 0.15) is 0 Å². The van der Waals surface area contributed by atoms with E-state index in [2.05, 4.69) is 32.7 Å². The molecule has 1 aliphatic rings. The first-order valence-corrected chi connectivity index (χ1v) is 10.3. The molecular formula is C19H29N3O3S. The van der Waals surface area contributed by atoms with Crippen molar-refractivity contribution in [3.63, 3.8) is 0 Å². The zero-order valence-electron chi connectivity index (χ0n) is 15.9. The Morgan fingerprint density at radius 2 is 1.73 bits per heavy atom. The van der Waals surface area contributed by atoms with Gasteiger partial charge in [-0.1, -0.05) is 39.0 Å². The number of benzene rings is 1. The van der Waals surface area contributed by atoms with Crippen LogP contribution >= 0.6 is 0 Å². The summed E-state index contributed by atoms with van der Waals surface area (Å²) in [6.07, 6.45) is 1.63. The van der Waals surface area contributed by atoms with Crippen LogP contribution in [0.25, 0.3) is 0 Å². The van der Waals surface area contributed by atoms with Gasteiger partial charge >= 0.3 is 0 Å². The third kappa shape index (κ3) is 5.16. The Hall–Kier alpha value is -1.70. The second-order valence-corrected chi connectivity index (χ2v) is 9.49. The minimum absolute atomic E-state index is 0.0138. The lowest BCUT2D eigenvalue weighted by Crippen LogP contribution is -2.51. The lowest BCUT2D eigenvalue weighted by molar-refractivity contribution is -0.122. The number of carbonyl (C=O) groups excluding carboxylic acids is 1. The van der Waals surface area contributed by atoms with Gasteiger partial charge in [0.25, 0.3) is 0 Å². The lowest BCUT2D eigenvalue weighted by atomic mass is 9.87. The first kappa shape index (κ1) is 20.6. The highest BCUT2D eigenvalue weighted by atomic mass is 32.2. The van der Waals surface area contributed by atoms with Gasteiger partial charge < -0.3 is 5.32 Å². The molecule has 1 aliphatic heterocycles. The van der Waals surface area contributed by atoms with Crippen LogP contribution in [0, 0.1) is 0 Å². The molecule has 26 heavy (non-hydrogen) atoms. The molecule has 0 unspecified atom stereocenters. The van der Waals surface area contributed by atoms with Gasteiger partial charge in [0, 0.05) is 32.7 Å². The minimum atomic E-state index is -3.50. The van der Waals surface area contributed by atoms with Crippen LogP contribution in [-0.2, 0) is 20.2 Å². The molecule has 1 aromatic carbocycles. The highest BCUT2D eigenvalue weighted by molar-refractivity contribution is 7.89. The average molecular weight is 380 g/mol. The summed E-state index contributed by atoms with van der Waals surface area (Å²) < 4.78 is 27.2. The summed E-state index contributed by atoms with van der Waals surface area (Å²) in [5.41, 5.74) is 1.09.